The second-order valence-corrected chi connectivity index (χ2v) is 8.80. The van der Waals surface area contributed by atoms with E-state index in [-0.39, 0.29) is 12.0 Å². The topological polar surface area (TPSA) is 62.2 Å². The summed E-state index contributed by atoms with van der Waals surface area (Å²) in [6.45, 7) is 2.25. The van der Waals surface area contributed by atoms with Crippen molar-refractivity contribution in [1.82, 2.24) is 4.98 Å². The Hall–Kier alpha value is -1.94. The van der Waals surface area contributed by atoms with Crippen LogP contribution in [0.3, 0.4) is 0 Å². The molecule has 0 radical (unpaired) electrons. The van der Waals surface area contributed by atoms with Crippen LogP contribution in [0.4, 0.5) is 5.69 Å². The number of anilines is 1. The van der Waals surface area contributed by atoms with E-state index in [9.17, 15) is 9.90 Å². The molecule has 1 aromatic carbocycles. The Morgan fingerprint density at radius 2 is 1.48 bits per heavy atom. The Morgan fingerprint density at radius 1 is 0.871 bits per heavy atom. The van der Waals surface area contributed by atoms with Crippen molar-refractivity contribution in [2.75, 3.05) is 5.32 Å². The standard InChI is InChI=1S/C27H42N2O2/c1-2-3-4-5-6-8-11-18-24(30)19-12-9-7-10-13-21-26(31)29-25-20-14-16-23-17-15-22-28-27(23)25/h14-17,20,22,24,30H,2-13,18-19,21H2,1H3,(H,29,31). The molecule has 0 spiro atoms. The number of nitrogens with one attached hydrogen (secondary N) is 1. The van der Waals surface area contributed by atoms with Gasteiger partial charge in [-0.05, 0) is 31.4 Å². The van der Waals surface area contributed by atoms with Crippen LogP contribution in [0.1, 0.15) is 103 Å². The summed E-state index contributed by atoms with van der Waals surface area (Å²) in [6, 6.07) is 9.77. The van der Waals surface area contributed by atoms with Crippen molar-refractivity contribution >= 4 is 22.5 Å². The van der Waals surface area contributed by atoms with Crippen molar-refractivity contribution in [3.05, 3.63) is 36.5 Å². The summed E-state index contributed by atoms with van der Waals surface area (Å²) in [5.41, 5.74) is 1.63. The largest absolute Gasteiger partial charge is 0.393 e. The summed E-state index contributed by atoms with van der Waals surface area (Å²) in [5.74, 6) is 0.0586. The number of aliphatic hydroxyl groups is 1. The van der Waals surface area contributed by atoms with Gasteiger partial charge in [0.2, 0.25) is 5.91 Å². The fraction of sp³-hybridized carbons (Fsp3) is 0.630. The molecule has 0 aliphatic rings. The lowest BCUT2D eigenvalue weighted by Gasteiger charge is -2.10. The van der Waals surface area contributed by atoms with E-state index < -0.39 is 0 Å². The summed E-state index contributed by atoms with van der Waals surface area (Å²) >= 11 is 0. The zero-order valence-corrected chi connectivity index (χ0v) is 19.5. The molecule has 1 aromatic heterocycles. The van der Waals surface area contributed by atoms with Crippen molar-refractivity contribution in [1.29, 1.82) is 0 Å². The van der Waals surface area contributed by atoms with Gasteiger partial charge in [0.15, 0.2) is 0 Å². The second-order valence-electron chi connectivity index (χ2n) is 8.80. The van der Waals surface area contributed by atoms with E-state index in [1.807, 2.05) is 30.3 Å². The quantitative estimate of drug-likeness (QED) is 0.259. The highest BCUT2D eigenvalue weighted by atomic mass is 16.3. The first kappa shape index (κ1) is 25.3. The van der Waals surface area contributed by atoms with Crippen LogP contribution in [-0.2, 0) is 4.79 Å². The van der Waals surface area contributed by atoms with E-state index >= 15 is 0 Å². The Kier molecular flexibility index (Phi) is 12.9. The first-order valence-corrected chi connectivity index (χ1v) is 12.5. The van der Waals surface area contributed by atoms with Crippen LogP contribution < -0.4 is 5.32 Å². The molecule has 2 aromatic rings. The van der Waals surface area contributed by atoms with Crippen LogP contribution in [0.25, 0.3) is 10.9 Å². The number of benzene rings is 1. The van der Waals surface area contributed by atoms with Gasteiger partial charge >= 0.3 is 0 Å². The zero-order chi connectivity index (χ0) is 22.2. The summed E-state index contributed by atoms with van der Waals surface area (Å²) in [5, 5.41) is 14.2. The molecule has 0 bridgehead atoms. The van der Waals surface area contributed by atoms with E-state index in [1.165, 1.54) is 38.5 Å². The Balaban J connectivity index is 1.46. The molecule has 0 aliphatic heterocycles. The average Bonchev–Trinajstić information content (AvgIpc) is 2.78. The second kappa shape index (κ2) is 15.8. The van der Waals surface area contributed by atoms with Crippen molar-refractivity contribution in [2.45, 2.75) is 109 Å². The number of nitrogens with zero attached hydrogens (tertiary/aromatic N) is 1. The minimum Gasteiger partial charge on any atom is -0.393 e. The van der Waals surface area contributed by atoms with E-state index in [0.29, 0.717) is 6.42 Å². The SMILES string of the molecule is CCCCCCCCCC(O)CCCCCCCC(=O)Nc1cccc2cccnc12. The van der Waals surface area contributed by atoms with Crippen LogP contribution in [0.5, 0.6) is 0 Å². The highest BCUT2D eigenvalue weighted by Gasteiger charge is 2.07. The van der Waals surface area contributed by atoms with E-state index in [1.54, 1.807) is 6.20 Å². The molecule has 0 saturated carbocycles. The third-order valence-electron chi connectivity index (χ3n) is 5.99. The number of amides is 1. The van der Waals surface area contributed by atoms with Gasteiger partial charge in [-0.2, -0.15) is 0 Å². The monoisotopic (exact) mass is 426 g/mol. The molecule has 31 heavy (non-hydrogen) atoms. The fourth-order valence-corrected chi connectivity index (χ4v) is 4.10. The predicted molar refractivity (Wildman–Crippen MR) is 131 cm³/mol. The maximum absolute atomic E-state index is 12.3. The van der Waals surface area contributed by atoms with Crippen molar-refractivity contribution in [2.24, 2.45) is 0 Å². The number of aromatic nitrogens is 1. The molecule has 1 unspecified atom stereocenters. The number of unbranched alkanes of at least 4 members (excludes halogenated alkanes) is 10. The van der Waals surface area contributed by atoms with Gasteiger partial charge < -0.3 is 10.4 Å². The molecule has 0 saturated heterocycles. The van der Waals surface area contributed by atoms with Crippen molar-refractivity contribution in [3.8, 4) is 0 Å². The van der Waals surface area contributed by atoms with Crippen LogP contribution in [0.2, 0.25) is 0 Å². The Morgan fingerprint density at radius 3 is 2.19 bits per heavy atom. The first-order valence-electron chi connectivity index (χ1n) is 12.5. The van der Waals surface area contributed by atoms with Crippen molar-refractivity contribution in [3.63, 3.8) is 0 Å². The molecular weight excluding hydrogens is 384 g/mol. The number of para-hydroxylation sites is 1. The van der Waals surface area contributed by atoms with Gasteiger partial charge in [-0.25, -0.2) is 0 Å². The van der Waals surface area contributed by atoms with Gasteiger partial charge in [-0.1, -0.05) is 95.8 Å². The van der Waals surface area contributed by atoms with Gasteiger partial charge in [0.25, 0.3) is 0 Å². The smallest absolute Gasteiger partial charge is 0.224 e. The molecule has 1 heterocycles. The fourth-order valence-electron chi connectivity index (χ4n) is 4.10. The number of hydrogen-bond donors (Lipinski definition) is 2. The lowest BCUT2D eigenvalue weighted by atomic mass is 10.0. The molecule has 0 fully saturated rings. The van der Waals surface area contributed by atoms with Gasteiger partial charge in [-0.3, -0.25) is 9.78 Å². The molecule has 4 heteroatoms. The number of aliphatic hydroxyl groups excluding tert-OH is 1. The highest BCUT2D eigenvalue weighted by molar-refractivity contribution is 6.00. The third-order valence-corrected chi connectivity index (χ3v) is 5.99. The number of pyridine rings is 1. The van der Waals surface area contributed by atoms with Gasteiger partial charge in [0.05, 0.1) is 17.3 Å². The van der Waals surface area contributed by atoms with E-state index in [4.69, 9.17) is 0 Å². The maximum Gasteiger partial charge on any atom is 0.224 e. The van der Waals surface area contributed by atoms with Crippen LogP contribution >= 0.6 is 0 Å². The van der Waals surface area contributed by atoms with Crippen LogP contribution in [0.15, 0.2) is 36.5 Å². The lowest BCUT2D eigenvalue weighted by molar-refractivity contribution is -0.116. The molecular formula is C27H42N2O2. The minimum absolute atomic E-state index is 0.0586. The molecule has 4 nitrogen and oxygen atoms in total. The molecule has 1 atom stereocenters. The minimum atomic E-state index is -0.129. The summed E-state index contributed by atoms with van der Waals surface area (Å²) in [7, 11) is 0. The molecule has 172 valence electrons. The van der Waals surface area contributed by atoms with Gasteiger partial charge in [0.1, 0.15) is 0 Å². The van der Waals surface area contributed by atoms with Crippen molar-refractivity contribution < 1.29 is 9.90 Å². The predicted octanol–water partition coefficient (Wildman–Crippen LogP) is 7.41. The summed E-state index contributed by atoms with van der Waals surface area (Å²) in [6.07, 6.45) is 18.5. The normalized spacial score (nSPS) is 12.2. The number of fused-ring (bicyclic) bond motifs is 1. The zero-order valence-electron chi connectivity index (χ0n) is 19.5. The van der Waals surface area contributed by atoms with Gasteiger partial charge in [0, 0.05) is 18.0 Å². The van der Waals surface area contributed by atoms with E-state index in [0.717, 1.165) is 68.0 Å². The summed E-state index contributed by atoms with van der Waals surface area (Å²) in [4.78, 5) is 16.6. The Bertz CT molecular complexity index is 742. The molecule has 1 amide bonds. The number of hydrogen-bond acceptors (Lipinski definition) is 3. The maximum atomic E-state index is 12.3. The summed E-state index contributed by atoms with van der Waals surface area (Å²) < 4.78 is 0. The Labute approximate surface area is 188 Å². The lowest BCUT2D eigenvalue weighted by Crippen LogP contribution is -2.11. The highest BCUT2D eigenvalue weighted by Crippen LogP contribution is 2.21. The molecule has 2 rings (SSSR count). The number of carbonyl (C=O) groups is 1. The van der Waals surface area contributed by atoms with Crippen LogP contribution in [0, 0.1) is 0 Å². The average molecular weight is 427 g/mol. The first-order chi connectivity index (χ1) is 15.2. The van der Waals surface area contributed by atoms with E-state index in [2.05, 4.69) is 17.2 Å². The number of carbonyl (C=O) groups excluding carboxylic acids is 1. The molecule has 0 aliphatic carbocycles. The number of rotatable bonds is 17. The van der Waals surface area contributed by atoms with Gasteiger partial charge in [-0.15, -0.1) is 0 Å². The third kappa shape index (κ3) is 10.8. The van der Waals surface area contributed by atoms with Crippen LogP contribution in [-0.4, -0.2) is 22.1 Å². The molecule has 2 N–H and O–H groups in total.